The van der Waals surface area contributed by atoms with Crippen molar-refractivity contribution >= 4 is 89.9 Å². The van der Waals surface area contributed by atoms with E-state index in [0.29, 0.717) is 55.6 Å². The van der Waals surface area contributed by atoms with Crippen LogP contribution in [0.3, 0.4) is 0 Å². The third kappa shape index (κ3) is 66.2. The van der Waals surface area contributed by atoms with Crippen molar-refractivity contribution in [2.75, 3.05) is 0 Å². The maximum atomic E-state index is 11.2. The molecule has 0 spiro atoms. The molecule has 0 bridgehead atoms. The number of nitrogens with one attached hydrogen (secondary N) is 3. The van der Waals surface area contributed by atoms with Gasteiger partial charge in [-0.05, 0) is 55.7 Å². The predicted octanol–water partition coefficient (Wildman–Crippen LogP) is 0.0481. The van der Waals surface area contributed by atoms with Gasteiger partial charge >= 0.3 is 0 Å². The molecule has 0 aromatic carbocycles. The van der Waals surface area contributed by atoms with Crippen LogP contribution in [0.4, 0.5) is 0 Å². The molecule has 0 radical (unpaired) electrons. The maximum absolute atomic E-state index is 11.2. The molecule has 6 N–H and O–H groups in total. The van der Waals surface area contributed by atoms with Crippen LogP contribution in [-0.4, -0.2) is 134 Å². The van der Waals surface area contributed by atoms with Crippen molar-refractivity contribution in [1.29, 1.82) is 0 Å². The molecule has 35 heteroatoms. The summed E-state index contributed by atoms with van der Waals surface area (Å²) in [4.78, 5) is 148. The minimum atomic E-state index is -3.02. The van der Waals surface area contributed by atoms with Crippen LogP contribution in [0.1, 0.15) is 346 Å². The van der Waals surface area contributed by atoms with Crippen molar-refractivity contribution in [2.45, 2.75) is 346 Å². The number of carboxylic acids is 12. The van der Waals surface area contributed by atoms with E-state index in [2.05, 4.69) is 50.7 Å². The number of H-pyrrole nitrogens is 3. The van der Waals surface area contributed by atoms with Gasteiger partial charge in [-0.1, -0.05) is 290 Å². The summed E-state index contributed by atoms with van der Waals surface area (Å²) in [6, 6.07) is 0. The van der Waals surface area contributed by atoms with Crippen molar-refractivity contribution in [3.63, 3.8) is 0 Å². The number of imidazole rings is 3. The second-order valence-corrected chi connectivity index (χ2v) is 29.0. The van der Waals surface area contributed by atoms with Crippen molar-refractivity contribution in [1.82, 2.24) is 29.9 Å². The van der Waals surface area contributed by atoms with E-state index < -0.39 is 125 Å². The molecule has 3 aromatic rings. The quantitative estimate of drug-likeness (QED) is 0.0247. The van der Waals surface area contributed by atoms with E-state index in [4.69, 9.17) is 0 Å². The zero-order valence-corrected chi connectivity index (χ0v) is 73.4. The smallest absolute Gasteiger partial charge is 0.117 e. The van der Waals surface area contributed by atoms with Gasteiger partial charge in [-0.3, -0.25) is 0 Å². The molecule has 678 valence electrons. The fraction of sp³-hybridized carbons (Fsp3) is 0.679. The van der Waals surface area contributed by atoms with Crippen LogP contribution < -0.4 is 61.3 Å². The monoisotopic (exact) mass is 1850 g/mol. The number of unbranched alkanes of at least 4 members (excludes halogenated alkanes) is 39. The zero-order valence-electron chi connectivity index (χ0n) is 69.4. The number of aliphatic carboxylic acids is 12. The number of nitrogens with zero attached hydrogens (tertiary/aromatic N) is 3. The van der Waals surface area contributed by atoms with Crippen LogP contribution in [-0.2, 0) is 99.7 Å². The predicted molar refractivity (Wildman–Crippen MR) is 407 cm³/mol. The second-order valence-electron chi connectivity index (χ2n) is 29.0. The summed E-state index contributed by atoms with van der Waals surface area (Å²) in [5, 5.41) is 159. The summed E-state index contributed by atoms with van der Waals surface area (Å²) in [6.45, 7) is 6.64. The molecule has 0 aliphatic heterocycles. The van der Waals surface area contributed by atoms with Gasteiger partial charge in [0.1, 0.15) is 16.8 Å². The number of carbonyl (C=O) groups is 12. The largest absolute Gasteiger partial charge is 0.550 e. The Kier molecular flexibility index (Phi) is 77.3. The fourth-order valence-corrected chi connectivity index (χ4v) is 12.5. The van der Waals surface area contributed by atoms with Gasteiger partial charge in [-0.2, -0.15) is 0 Å². The van der Waals surface area contributed by atoms with Gasteiger partial charge in [0, 0.05) is 115 Å². The molecule has 0 amide bonds. The summed E-state index contributed by atoms with van der Waals surface area (Å²) in [5.74, 6) is -26.6. The molecule has 0 aliphatic carbocycles. The first-order valence-electron chi connectivity index (χ1n) is 41.3. The number of hydrogen-bond donors (Lipinski definition) is 6. The van der Waals surface area contributed by atoms with E-state index >= 15 is 0 Å². The van der Waals surface area contributed by atoms with Crippen LogP contribution >= 0.6 is 0 Å². The summed E-state index contributed by atoms with van der Waals surface area (Å²) in [6.07, 6.45) is 58.0. The normalized spacial score (nSPS) is 13.1. The zero-order chi connectivity index (χ0) is 88.6. The number of aromatic nitrogens is 6. The van der Waals surface area contributed by atoms with E-state index in [1.807, 2.05) is 0 Å². The molecule has 6 unspecified atom stereocenters. The molecule has 0 saturated heterocycles. The van der Waals surface area contributed by atoms with Crippen molar-refractivity contribution in [3.05, 3.63) is 72.9 Å². The van der Waals surface area contributed by atoms with Crippen molar-refractivity contribution in [3.8, 4) is 0 Å². The minimum Gasteiger partial charge on any atom is -0.550 e. The molecule has 6 atom stereocenters. The van der Waals surface area contributed by atoms with Crippen molar-refractivity contribution in [2.24, 2.45) is 17.8 Å². The first kappa shape index (κ1) is 119. The molecule has 33 nitrogen and oxygen atoms in total. The SMILES string of the molecule is CCCCCCCCCCCCCCCCC(C(=O)[O-])C(O)(CC(=O)[O-])C(=O)[O-].CCCCCCCCCCCCCCCCC(C(=O)[O-])C(O)(CC(=O)[O-])C(=O)[O-].CCCCCCCCCCCCCCCCC(C(=O)[O-])C(O)(CC(=O)[O-])C(=O)[O-].O=C([O-])C=Cc1cnc[nH]1.O=C([O-])C=Cc1cnc[nH]1.O=C([O-])C=Cc1cnc[nH]1.[Mo].[Mo]. The Labute approximate surface area is 728 Å². The Bertz CT molecular complexity index is 2910. The number of rotatable bonds is 66. The van der Waals surface area contributed by atoms with Crippen LogP contribution in [0, 0.1) is 17.8 Å². The number of carbonyl (C=O) groups excluding carboxylic acids is 12. The molecule has 3 heterocycles. The maximum Gasteiger partial charge on any atom is 0.117 e. The molecule has 119 heavy (non-hydrogen) atoms. The van der Waals surface area contributed by atoms with Gasteiger partial charge in [0.05, 0.1) is 90.5 Å². The van der Waals surface area contributed by atoms with Crippen molar-refractivity contribution < 1.29 is 176 Å². The average molecular weight is 1840 g/mol. The van der Waals surface area contributed by atoms with Gasteiger partial charge < -0.3 is 149 Å². The van der Waals surface area contributed by atoms with Crippen LogP contribution in [0.2, 0.25) is 0 Å². The first-order chi connectivity index (χ1) is 55.6. The number of aliphatic hydroxyl groups is 3. The van der Waals surface area contributed by atoms with Crippen LogP contribution in [0.5, 0.6) is 0 Å². The molecule has 0 saturated carbocycles. The van der Waals surface area contributed by atoms with E-state index in [9.17, 15) is 134 Å². The topological polar surface area (TPSA) is 628 Å². The summed E-state index contributed by atoms with van der Waals surface area (Å²) < 4.78 is 0. The third-order valence-corrected chi connectivity index (χ3v) is 19.2. The van der Waals surface area contributed by atoms with Crippen LogP contribution in [0.15, 0.2) is 55.8 Å². The first-order valence-corrected chi connectivity index (χ1v) is 41.3. The van der Waals surface area contributed by atoms with E-state index in [1.54, 1.807) is 0 Å². The summed E-state index contributed by atoms with van der Waals surface area (Å²) in [7, 11) is 0. The molecule has 3 aromatic heterocycles. The fourth-order valence-electron chi connectivity index (χ4n) is 12.5. The molecular formula is C84H126Mo2N6O27-12. The number of hydrogen-bond acceptors (Lipinski definition) is 30. The molecule has 3 rings (SSSR count). The Morgan fingerprint density at radius 2 is 0.454 bits per heavy atom. The van der Waals surface area contributed by atoms with E-state index in [0.717, 1.165) is 76.0 Å². The molecule has 0 fully saturated rings. The molecular weight excluding hydrogens is 1720 g/mol. The van der Waals surface area contributed by atoms with Gasteiger partial charge in [0.15, 0.2) is 0 Å². The van der Waals surface area contributed by atoms with E-state index in [1.165, 1.54) is 229 Å². The van der Waals surface area contributed by atoms with Gasteiger partial charge in [0.25, 0.3) is 0 Å². The Morgan fingerprint density at radius 1 is 0.294 bits per heavy atom. The summed E-state index contributed by atoms with van der Waals surface area (Å²) >= 11 is 0. The van der Waals surface area contributed by atoms with Gasteiger partial charge in [-0.15, -0.1) is 0 Å². The van der Waals surface area contributed by atoms with Gasteiger partial charge in [0.2, 0.25) is 0 Å². The second kappa shape index (κ2) is 77.1. The Hall–Kier alpha value is -8.25. The summed E-state index contributed by atoms with van der Waals surface area (Å²) in [5.41, 5.74) is -7.13. The number of aromatic amines is 3. The molecule has 0 aliphatic rings. The Morgan fingerprint density at radius 3 is 0.571 bits per heavy atom. The van der Waals surface area contributed by atoms with Gasteiger partial charge in [-0.25, -0.2) is 15.0 Å². The standard InChI is InChI=1S/3C22H40O7.3C6H6N2O2.2Mo/c3*1-2-3-4-5-6-7-8-9-10-11-12-13-14-15-16-18(20(25)26)22(29,21(27)28)17-19(23)24;3*9-6(10)2-1-5-3-7-4-8-5;;/h3*18,29H,2-17H2,1H3,(H,23,24)(H,25,26)(H,27,28);3*1-4H,(H,7,8)(H,9,10);;/p-12. The minimum absolute atomic E-state index is 0. The Balaban J connectivity index is -0.000000459. The average Bonchev–Trinajstić information content (AvgIpc) is 1.21. The number of carboxylic acid groups (broad SMARTS) is 12. The third-order valence-electron chi connectivity index (χ3n) is 19.2. The van der Waals surface area contributed by atoms with Crippen LogP contribution in [0.25, 0.3) is 18.2 Å². The van der Waals surface area contributed by atoms with E-state index in [-0.39, 0.29) is 61.4 Å².